The Morgan fingerprint density at radius 1 is 0.818 bits per heavy atom. The van der Waals surface area contributed by atoms with Crippen LogP contribution in [0.1, 0.15) is 16.7 Å². The van der Waals surface area contributed by atoms with E-state index in [2.05, 4.69) is 88.2 Å². The lowest BCUT2D eigenvalue weighted by Crippen LogP contribution is -2.52. The van der Waals surface area contributed by atoms with Crippen LogP contribution in [0.3, 0.4) is 0 Å². The SMILES string of the molecule is Cc1ccccc1C[N+](C)(Cc1ccccc1)C[Si](C)(C)C. The fourth-order valence-electron chi connectivity index (χ4n) is 3.54. The molecule has 0 saturated carbocycles. The molecule has 0 bridgehead atoms. The maximum atomic E-state index is 2.48. The van der Waals surface area contributed by atoms with Gasteiger partial charge in [0.05, 0.1) is 13.2 Å². The molecule has 0 N–H and O–H groups in total. The van der Waals surface area contributed by atoms with Gasteiger partial charge in [-0.05, 0) is 12.5 Å². The van der Waals surface area contributed by atoms with Gasteiger partial charge < -0.3 is 4.48 Å². The summed E-state index contributed by atoms with van der Waals surface area (Å²) in [6.07, 6.45) is 1.30. The van der Waals surface area contributed by atoms with Crippen LogP contribution in [0.5, 0.6) is 0 Å². The van der Waals surface area contributed by atoms with E-state index in [1.165, 1.54) is 22.9 Å². The normalized spacial score (nSPS) is 14.6. The Kier molecular flexibility index (Phi) is 5.25. The van der Waals surface area contributed by atoms with Gasteiger partial charge in [0.1, 0.15) is 21.2 Å². The van der Waals surface area contributed by atoms with Gasteiger partial charge in [-0.25, -0.2) is 0 Å². The standard InChI is InChI=1S/C20H30NSi/c1-18-11-9-10-14-20(18)16-21(2,17-22(3,4)5)15-19-12-7-6-8-13-19/h6-14H,15-17H2,1-5H3/q+1. The fraction of sp³-hybridized carbons (Fsp3) is 0.400. The number of rotatable bonds is 6. The molecule has 0 aromatic heterocycles. The minimum absolute atomic E-state index is 1.10. The van der Waals surface area contributed by atoms with Gasteiger partial charge in [-0.3, -0.25) is 0 Å². The summed E-state index contributed by atoms with van der Waals surface area (Å²) >= 11 is 0. The van der Waals surface area contributed by atoms with Gasteiger partial charge >= 0.3 is 0 Å². The first-order valence-electron chi connectivity index (χ1n) is 8.19. The summed E-state index contributed by atoms with van der Waals surface area (Å²) in [6, 6.07) is 19.8. The van der Waals surface area contributed by atoms with Crippen molar-refractivity contribution in [1.82, 2.24) is 0 Å². The largest absolute Gasteiger partial charge is 0.322 e. The lowest BCUT2D eigenvalue weighted by Gasteiger charge is -2.39. The summed E-state index contributed by atoms with van der Waals surface area (Å²) < 4.78 is 1.10. The molecule has 0 aliphatic rings. The molecule has 0 heterocycles. The Morgan fingerprint density at radius 3 is 2.00 bits per heavy atom. The molecule has 2 aromatic rings. The van der Waals surface area contributed by atoms with Gasteiger partial charge in [-0.15, -0.1) is 0 Å². The minimum Gasteiger partial charge on any atom is -0.322 e. The van der Waals surface area contributed by atoms with Crippen LogP contribution in [0.25, 0.3) is 0 Å². The number of nitrogens with zero attached hydrogens (tertiary/aromatic N) is 1. The van der Waals surface area contributed by atoms with Crippen molar-refractivity contribution in [2.75, 3.05) is 13.2 Å². The minimum atomic E-state index is -1.15. The van der Waals surface area contributed by atoms with Crippen LogP contribution in [0.15, 0.2) is 54.6 Å². The van der Waals surface area contributed by atoms with Crippen LogP contribution in [-0.2, 0) is 13.1 Å². The second kappa shape index (κ2) is 6.80. The third-order valence-electron chi connectivity index (χ3n) is 4.08. The number of hydrogen-bond donors (Lipinski definition) is 0. The van der Waals surface area contributed by atoms with Crippen molar-refractivity contribution in [1.29, 1.82) is 0 Å². The molecule has 1 atom stereocenters. The van der Waals surface area contributed by atoms with Crippen LogP contribution in [0, 0.1) is 6.92 Å². The Balaban J connectivity index is 2.27. The predicted octanol–water partition coefficient (Wildman–Crippen LogP) is 5.02. The Morgan fingerprint density at radius 2 is 1.41 bits per heavy atom. The summed E-state index contributed by atoms with van der Waals surface area (Å²) in [5.74, 6) is 0. The number of hydrogen-bond acceptors (Lipinski definition) is 0. The van der Waals surface area contributed by atoms with E-state index in [-0.39, 0.29) is 0 Å². The number of aryl methyl sites for hydroxylation is 1. The molecule has 0 saturated heterocycles. The van der Waals surface area contributed by atoms with E-state index in [1.54, 1.807) is 0 Å². The first-order chi connectivity index (χ1) is 10.3. The molecule has 2 aromatic carbocycles. The molecule has 2 rings (SSSR count). The molecule has 118 valence electrons. The van der Waals surface area contributed by atoms with E-state index in [9.17, 15) is 0 Å². The second-order valence-corrected chi connectivity index (χ2v) is 13.5. The van der Waals surface area contributed by atoms with E-state index in [0.29, 0.717) is 0 Å². The van der Waals surface area contributed by atoms with Gasteiger partial charge in [0, 0.05) is 11.1 Å². The van der Waals surface area contributed by atoms with Gasteiger partial charge in [0.2, 0.25) is 0 Å². The summed E-state index contributed by atoms with van der Waals surface area (Å²) in [6.45, 7) is 11.9. The molecule has 0 aliphatic carbocycles. The van der Waals surface area contributed by atoms with E-state index in [4.69, 9.17) is 0 Å². The summed E-state index contributed by atoms with van der Waals surface area (Å²) in [5.41, 5.74) is 4.34. The average Bonchev–Trinajstić information content (AvgIpc) is 2.40. The van der Waals surface area contributed by atoms with Crippen molar-refractivity contribution < 1.29 is 4.48 Å². The van der Waals surface area contributed by atoms with Gasteiger partial charge in [-0.1, -0.05) is 74.2 Å². The molecule has 1 unspecified atom stereocenters. The van der Waals surface area contributed by atoms with Crippen molar-refractivity contribution in [3.05, 3.63) is 71.3 Å². The fourth-order valence-corrected chi connectivity index (χ4v) is 6.05. The van der Waals surface area contributed by atoms with Crippen LogP contribution in [-0.4, -0.2) is 25.8 Å². The first kappa shape index (κ1) is 17.0. The van der Waals surface area contributed by atoms with Gasteiger partial charge in [0.15, 0.2) is 0 Å². The monoisotopic (exact) mass is 312 g/mol. The van der Waals surface area contributed by atoms with Gasteiger partial charge in [-0.2, -0.15) is 0 Å². The van der Waals surface area contributed by atoms with Gasteiger partial charge in [0.25, 0.3) is 0 Å². The molecule has 0 spiro atoms. The van der Waals surface area contributed by atoms with Crippen LogP contribution < -0.4 is 0 Å². The zero-order valence-corrected chi connectivity index (χ0v) is 15.8. The topological polar surface area (TPSA) is 0 Å². The lowest BCUT2D eigenvalue weighted by atomic mass is 10.1. The lowest BCUT2D eigenvalue weighted by molar-refractivity contribution is -0.926. The van der Waals surface area contributed by atoms with Crippen LogP contribution >= 0.6 is 0 Å². The summed E-state index contributed by atoms with van der Waals surface area (Å²) in [4.78, 5) is 0. The van der Waals surface area contributed by atoms with E-state index in [0.717, 1.165) is 17.6 Å². The van der Waals surface area contributed by atoms with E-state index in [1.807, 2.05) is 0 Å². The molecule has 0 radical (unpaired) electrons. The quantitative estimate of drug-likeness (QED) is 0.519. The van der Waals surface area contributed by atoms with Crippen molar-refractivity contribution in [2.24, 2.45) is 0 Å². The second-order valence-electron chi connectivity index (χ2n) is 8.07. The maximum Gasteiger partial charge on any atom is 0.110 e. The van der Waals surface area contributed by atoms with Crippen LogP contribution in [0.2, 0.25) is 19.6 Å². The first-order valence-corrected chi connectivity index (χ1v) is 11.9. The third-order valence-corrected chi connectivity index (χ3v) is 5.79. The number of benzene rings is 2. The maximum absolute atomic E-state index is 2.48. The molecule has 0 aliphatic heterocycles. The molecule has 0 fully saturated rings. The van der Waals surface area contributed by atoms with Crippen molar-refractivity contribution in [2.45, 2.75) is 39.7 Å². The molecular weight excluding hydrogens is 282 g/mol. The third kappa shape index (κ3) is 5.11. The highest BCUT2D eigenvalue weighted by molar-refractivity contribution is 6.75. The smallest absolute Gasteiger partial charge is 0.110 e. The van der Waals surface area contributed by atoms with E-state index < -0.39 is 8.07 Å². The summed E-state index contributed by atoms with van der Waals surface area (Å²) in [5, 5.41) is 0. The summed E-state index contributed by atoms with van der Waals surface area (Å²) in [7, 11) is 1.28. The zero-order chi connectivity index (χ0) is 16.2. The Hall–Kier alpha value is -1.38. The van der Waals surface area contributed by atoms with Crippen LogP contribution in [0.4, 0.5) is 0 Å². The van der Waals surface area contributed by atoms with Crippen molar-refractivity contribution in [3.63, 3.8) is 0 Å². The van der Waals surface area contributed by atoms with Crippen molar-refractivity contribution in [3.8, 4) is 0 Å². The molecule has 1 nitrogen and oxygen atoms in total. The Labute approximate surface area is 137 Å². The highest BCUT2D eigenvalue weighted by Crippen LogP contribution is 2.22. The molecule has 22 heavy (non-hydrogen) atoms. The van der Waals surface area contributed by atoms with E-state index >= 15 is 0 Å². The average molecular weight is 313 g/mol. The number of quaternary nitrogens is 1. The molecule has 2 heteroatoms. The Bertz CT molecular complexity index is 601. The zero-order valence-electron chi connectivity index (χ0n) is 14.8. The highest BCUT2D eigenvalue weighted by atomic mass is 28.3. The molecule has 0 amide bonds. The van der Waals surface area contributed by atoms with Crippen molar-refractivity contribution >= 4 is 8.07 Å². The predicted molar refractivity (Wildman–Crippen MR) is 99.4 cm³/mol. The molecular formula is C20H30NSi+. The highest BCUT2D eigenvalue weighted by Gasteiger charge is 2.31.